The molecule has 4 aromatic heterocycles. The van der Waals surface area contributed by atoms with E-state index >= 15 is 0 Å². The molecule has 0 fully saturated rings. The zero-order chi connectivity index (χ0) is 21.7. The summed E-state index contributed by atoms with van der Waals surface area (Å²) in [5.74, 6) is 0.299. The summed E-state index contributed by atoms with van der Waals surface area (Å²) < 4.78 is 29.3. The Hall–Kier alpha value is -3.89. The lowest BCUT2D eigenvalue weighted by Crippen LogP contribution is -2.13. The number of hydrogen-bond donors (Lipinski definition) is 1. The molecule has 4 heterocycles. The van der Waals surface area contributed by atoms with E-state index in [-0.39, 0.29) is 10.5 Å². The average molecular weight is 459 g/mol. The molecule has 0 radical (unpaired) electrons. The molecule has 0 spiro atoms. The number of para-hydroxylation sites is 1. The van der Waals surface area contributed by atoms with Crippen LogP contribution in [0.25, 0.3) is 32.2 Å². The van der Waals surface area contributed by atoms with E-state index in [9.17, 15) is 8.42 Å². The Balaban J connectivity index is 1.45. The molecular formula is C22H14N6O2S2. The molecule has 1 N–H and O–H groups in total. The first-order valence-electron chi connectivity index (χ1n) is 9.63. The maximum atomic E-state index is 13.5. The lowest BCUT2D eigenvalue weighted by atomic mass is 10.2. The minimum absolute atomic E-state index is 0.122. The van der Waals surface area contributed by atoms with Crippen molar-refractivity contribution < 1.29 is 8.42 Å². The van der Waals surface area contributed by atoms with E-state index in [0.717, 1.165) is 21.3 Å². The van der Waals surface area contributed by atoms with Gasteiger partial charge in [-0.25, -0.2) is 22.4 Å². The Morgan fingerprint density at radius 2 is 1.84 bits per heavy atom. The van der Waals surface area contributed by atoms with Gasteiger partial charge in [-0.1, -0.05) is 18.2 Å². The average Bonchev–Trinajstić information content (AvgIpc) is 3.45. The first-order chi connectivity index (χ1) is 15.6. The van der Waals surface area contributed by atoms with Crippen LogP contribution in [0.3, 0.4) is 0 Å². The number of hydrogen-bond acceptors (Lipinski definition) is 8. The number of pyridine rings is 1. The molecule has 10 heteroatoms. The largest absolute Gasteiger partial charge is 0.324 e. The number of rotatable bonds is 4. The molecule has 0 saturated heterocycles. The standard InChI is InChI=1S/C22H14N6O2S2/c29-32(30,19-5-1-3-14-4-2-9-23-20(14)19)28-10-8-15-12-24-22(27-21(15)28)26-16-6-7-17-18(11-16)31-13-25-17/h1-13H,(H,24,26,27). The summed E-state index contributed by atoms with van der Waals surface area (Å²) >= 11 is 1.54. The van der Waals surface area contributed by atoms with Gasteiger partial charge in [0.25, 0.3) is 10.0 Å². The fraction of sp³-hybridized carbons (Fsp3) is 0. The van der Waals surface area contributed by atoms with Gasteiger partial charge >= 0.3 is 0 Å². The first-order valence-corrected chi connectivity index (χ1v) is 12.0. The fourth-order valence-electron chi connectivity index (χ4n) is 3.60. The number of benzene rings is 2. The third kappa shape index (κ3) is 3.00. The van der Waals surface area contributed by atoms with Crippen molar-refractivity contribution in [1.29, 1.82) is 0 Å². The van der Waals surface area contributed by atoms with Crippen LogP contribution in [-0.2, 0) is 10.0 Å². The summed E-state index contributed by atoms with van der Waals surface area (Å²) in [6.45, 7) is 0. The predicted octanol–water partition coefficient (Wildman–Crippen LogP) is 4.57. The molecule has 0 saturated carbocycles. The minimum atomic E-state index is -3.93. The Kier molecular flexibility index (Phi) is 4.17. The van der Waals surface area contributed by atoms with Crippen LogP contribution in [0.1, 0.15) is 0 Å². The molecule has 156 valence electrons. The van der Waals surface area contributed by atoms with Crippen molar-refractivity contribution in [3.05, 3.63) is 78.7 Å². The van der Waals surface area contributed by atoms with E-state index in [1.54, 1.807) is 42.2 Å². The van der Waals surface area contributed by atoms with Crippen LogP contribution in [0.4, 0.5) is 11.6 Å². The fourth-order valence-corrected chi connectivity index (χ4v) is 5.79. The van der Waals surface area contributed by atoms with Crippen molar-refractivity contribution in [2.45, 2.75) is 4.90 Å². The highest BCUT2D eigenvalue weighted by Crippen LogP contribution is 2.27. The van der Waals surface area contributed by atoms with Gasteiger partial charge in [0, 0.05) is 35.1 Å². The lowest BCUT2D eigenvalue weighted by Gasteiger charge is -2.10. The third-order valence-electron chi connectivity index (χ3n) is 5.11. The number of anilines is 2. The molecule has 32 heavy (non-hydrogen) atoms. The highest BCUT2D eigenvalue weighted by molar-refractivity contribution is 7.90. The van der Waals surface area contributed by atoms with E-state index < -0.39 is 10.0 Å². The molecule has 0 amide bonds. The van der Waals surface area contributed by atoms with Crippen LogP contribution < -0.4 is 5.32 Å². The topological polar surface area (TPSA) is 103 Å². The predicted molar refractivity (Wildman–Crippen MR) is 125 cm³/mol. The summed E-state index contributed by atoms with van der Waals surface area (Å²) in [6, 6.07) is 16.1. The number of aromatic nitrogens is 5. The van der Waals surface area contributed by atoms with Crippen LogP contribution in [0, 0.1) is 0 Å². The van der Waals surface area contributed by atoms with Crippen molar-refractivity contribution in [3.63, 3.8) is 0 Å². The highest BCUT2D eigenvalue weighted by atomic mass is 32.2. The maximum Gasteiger partial charge on any atom is 0.271 e. The molecule has 0 bridgehead atoms. The Morgan fingerprint density at radius 1 is 0.938 bits per heavy atom. The second-order valence-corrected chi connectivity index (χ2v) is 9.75. The van der Waals surface area contributed by atoms with E-state index in [0.29, 0.717) is 16.9 Å². The van der Waals surface area contributed by atoms with Crippen molar-refractivity contribution in [1.82, 2.24) is 23.9 Å². The maximum absolute atomic E-state index is 13.5. The van der Waals surface area contributed by atoms with Crippen molar-refractivity contribution >= 4 is 65.1 Å². The molecular weight excluding hydrogens is 444 g/mol. The van der Waals surface area contributed by atoms with Crippen molar-refractivity contribution in [2.24, 2.45) is 0 Å². The second-order valence-electron chi connectivity index (χ2n) is 7.08. The van der Waals surface area contributed by atoms with Crippen molar-refractivity contribution in [2.75, 3.05) is 5.32 Å². The number of thiazole rings is 1. The van der Waals surface area contributed by atoms with Gasteiger partial charge in [-0.3, -0.25) is 4.98 Å². The van der Waals surface area contributed by atoms with Crippen LogP contribution >= 0.6 is 11.3 Å². The number of nitrogens with one attached hydrogen (secondary N) is 1. The molecule has 0 aliphatic heterocycles. The van der Waals surface area contributed by atoms with Crippen LogP contribution in [-0.4, -0.2) is 32.3 Å². The van der Waals surface area contributed by atoms with E-state index in [4.69, 9.17) is 0 Å². The smallest absolute Gasteiger partial charge is 0.271 e. The van der Waals surface area contributed by atoms with Gasteiger partial charge in [0.2, 0.25) is 5.95 Å². The zero-order valence-corrected chi connectivity index (χ0v) is 18.0. The summed E-state index contributed by atoms with van der Waals surface area (Å²) in [5, 5.41) is 4.52. The summed E-state index contributed by atoms with van der Waals surface area (Å²) in [6.07, 6.45) is 4.67. The molecule has 6 aromatic rings. The van der Waals surface area contributed by atoms with Gasteiger partial charge in [-0.15, -0.1) is 11.3 Å². The monoisotopic (exact) mass is 458 g/mol. The molecule has 0 aliphatic carbocycles. The summed E-state index contributed by atoms with van der Waals surface area (Å²) in [4.78, 5) is 17.5. The van der Waals surface area contributed by atoms with Gasteiger partial charge in [0.05, 0.1) is 21.2 Å². The van der Waals surface area contributed by atoms with Gasteiger partial charge < -0.3 is 5.32 Å². The molecule has 0 atom stereocenters. The third-order valence-corrected chi connectivity index (χ3v) is 7.60. The molecule has 2 aromatic carbocycles. The zero-order valence-electron chi connectivity index (χ0n) is 16.4. The normalized spacial score (nSPS) is 12.0. The van der Waals surface area contributed by atoms with Crippen LogP contribution in [0.5, 0.6) is 0 Å². The molecule has 8 nitrogen and oxygen atoms in total. The highest BCUT2D eigenvalue weighted by Gasteiger charge is 2.23. The molecule has 0 unspecified atom stereocenters. The van der Waals surface area contributed by atoms with Crippen molar-refractivity contribution in [3.8, 4) is 0 Å². The van der Waals surface area contributed by atoms with E-state index in [1.165, 1.54) is 21.5 Å². The lowest BCUT2D eigenvalue weighted by molar-refractivity contribution is 0.589. The molecule has 0 aliphatic rings. The van der Waals surface area contributed by atoms with Gasteiger partial charge in [-0.2, -0.15) is 4.98 Å². The number of nitrogens with zero attached hydrogens (tertiary/aromatic N) is 5. The minimum Gasteiger partial charge on any atom is -0.324 e. The van der Waals surface area contributed by atoms with Crippen LogP contribution in [0.15, 0.2) is 83.6 Å². The Bertz CT molecular complexity index is 1730. The number of fused-ring (bicyclic) bond motifs is 3. The SMILES string of the molecule is O=S(=O)(c1cccc2cccnc12)n1ccc2cnc(Nc3ccc4ncsc4c3)nc21. The van der Waals surface area contributed by atoms with E-state index in [1.807, 2.05) is 30.3 Å². The second kappa shape index (κ2) is 7.08. The summed E-state index contributed by atoms with van der Waals surface area (Å²) in [5.41, 5.74) is 4.20. The van der Waals surface area contributed by atoms with Gasteiger partial charge in [-0.05, 0) is 36.4 Å². The Labute approximate surface area is 186 Å². The van der Waals surface area contributed by atoms with Gasteiger partial charge in [0.1, 0.15) is 4.90 Å². The first kappa shape index (κ1) is 18.8. The Morgan fingerprint density at radius 3 is 2.78 bits per heavy atom. The molecule has 6 rings (SSSR count). The summed E-state index contributed by atoms with van der Waals surface area (Å²) in [7, 11) is -3.93. The van der Waals surface area contributed by atoms with E-state index in [2.05, 4.69) is 25.3 Å². The van der Waals surface area contributed by atoms with Gasteiger partial charge in [0.15, 0.2) is 5.65 Å². The van der Waals surface area contributed by atoms with Crippen LogP contribution in [0.2, 0.25) is 0 Å². The quantitative estimate of drug-likeness (QED) is 0.413.